The zero-order valence-corrected chi connectivity index (χ0v) is 16.2. The molecule has 28 heavy (non-hydrogen) atoms. The molecule has 142 valence electrons. The molecular formula is C22H22N4O2. The lowest BCUT2D eigenvalue weighted by Gasteiger charge is -2.03. The maximum Gasteiger partial charge on any atom is 0.335 e. The van der Waals surface area contributed by atoms with E-state index in [1.54, 1.807) is 13.0 Å². The van der Waals surface area contributed by atoms with E-state index in [4.69, 9.17) is 4.74 Å². The van der Waals surface area contributed by atoms with E-state index < -0.39 is 5.97 Å². The Morgan fingerprint density at radius 2 is 1.39 bits per heavy atom. The molecule has 0 saturated carbocycles. The predicted octanol–water partition coefficient (Wildman–Crippen LogP) is 7.11. The van der Waals surface area contributed by atoms with Crippen molar-refractivity contribution in [3.63, 3.8) is 0 Å². The van der Waals surface area contributed by atoms with Gasteiger partial charge in [0.25, 0.3) is 0 Å². The van der Waals surface area contributed by atoms with Crippen molar-refractivity contribution < 1.29 is 9.53 Å². The minimum absolute atomic E-state index is 0.492. The summed E-state index contributed by atoms with van der Waals surface area (Å²) < 4.78 is 5.08. The van der Waals surface area contributed by atoms with Crippen molar-refractivity contribution >= 4 is 23.0 Å². The van der Waals surface area contributed by atoms with E-state index in [1.165, 1.54) is 0 Å². The van der Waals surface area contributed by atoms with Gasteiger partial charge in [-0.25, -0.2) is 4.79 Å². The summed E-state index contributed by atoms with van der Waals surface area (Å²) in [5, 5.41) is 16.7. The van der Waals surface area contributed by atoms with Crippen molar-refractivity contribution in [2.24, 2.45) is 20.5 Å². The van der Waals surface area contributed by atoms with Gasteiger partial charge in [0.05, 0.1) is 22.8 Å². The van der Waals surface area contributed by atoms with Gasteiger partial charge in [0.15, 0.2) is 0 Å². The number of allylic oxidation sites excluding steroid dienone is 4. The first-order valence-electron chi connectivity index (χ1n) is 8.66. The number of azo groups is 2. The van der Waals surface area contributed by atoms with E-state index in [-0.39, 0.29) is 0 Å². The topological polar surface area (TPSA) is 75.7 Å². The van der Waals surface area contributed by atoms with E-state index in [0.29, 0.717) is 17.1 Å². The Morgan fingerprint density at radius 3 is 1.96 bits per heavy atom. The number of esters is 1. The van der Waals surface area contributed by atoms with Gasteiger partial charge in [0.1, 0.15) is 5.76 Å². The quantitative estimate of drug-likeness (QED) is 0.170. The maximum absolute atomic E-state index is 11.2. The third-order valence-electron chi connectivity index (χ3n) is 3.61. The van der Waals surface area contributed by atoms with Crippen LogP contribution in [0, 0.1) is 0 Å². The van der Waals surface area contributed by atoms with Gasteiger partial charge in [0, 0.05) is 6.08 Å². The van der Waals surface area contributed by atoms with Crippen molar-refractivity contribution in [2.75, 3.05) is 0 Å². The summed E-state index contributed by atoms with van der Waals surface area (Å²) in [4.78, 5) is 11.2. The van der Waals surface area contributed by atoms with Crippen LogP contribution in [0.5, 0.6) is 0 Å². The Balaban J connectivity index is 2.01. The molecular weight excluding hydrogens is 352 g/mol. The van der Waals surface area contributed by atoms with E-state index in [9.17, 15) is 4.79 Å². The lowest BCUT2D eigenvalue weighted by molar-refractivity contribution is -0.133. The zero-order chi connectivity index (χ0) is 20.4. The number of hydrogen-bond donors (Lipinski definition) is 0. The lowest BCUT2D eigenvalue weighted by atomic mass is 10.2. The Bertz CT molecular complexity index is 940. The number of carbonyl (C=O) groups is 1. The number of ether oxygens (including phenoxy) is 1. The highest BCUT2D eigenvalue weighted by Crippen LogP contribution is 2.22. The molecule has 0 unspecified atom stereocenters. The molecule has 2 aromatic carbocycles. The Labute approximate surface area is 164 Å². The minimum Gasteiger partial charge on any atom is -0.428 e. The van der Waals surface area contributed by atoms with Crippen LogP contribution in [0.15, 0.2) is 111 Å². The number of benzene rings is 2. The number of nitrogens with zero attached hydrogens (tertiary/aromatic N) is 4. The van der Waals surface area contributed by atoms with Gasteiger partial charge in [0.2, 0.25) is 0 Å². The van der Waals surface area contributed by atoms with Crippen molar-refractivity contribution in [1.82, 2.24) is 0 Å². The van der Waals surface area contributed by atoms with E-state index in [0.717, 1.165) is 23.0 Å². The molecule has 0 fully saturated rings. The van der Waals surface area contributed by atoms with Crippen LogP contribution >= 0.6 is 0 Å². The summed E-state index contributed by atoms with van der Waals surface area (Å²) in [6.07, 6.45) is 2.91. The van der Waals surface area contributed by atoms with E-state index in [1.807, 2.05) is 68.4 Å². The molecule has 0 amide bonds. The van der Waals surface area contributed by atoms with Crippen molar-refractivity contribution in [1.29, 1.82) is 0 Å². The smallest absolute Gasteiger partial charge is 0.335 e. The van der Waals surface area contributed by atoms with Gasteiger partial charge in [-0.05, 0) is 68.8 Å². The average molecular weight is 374 g/mol. The molecule has 2 rings (SSSR count). The maximum atomic E-state index is 11.2. The van der Waals surface area contributed by atoms with Crippen LogP contribution in [-0.4, -0.2) is 5.97 Å². The first-order valence-corrected chi connectivity index (χ1v) is 8.66. The molecule has 0 aromatic heterocycles. The molecule has 0 radical (unpaired) electrons. The summed E-state index contributed by atoms with van der Waals surface area (Å²) in [7, 11) is 0. The zero-order valence-electron chi connectivity index (χ0n) is 16.2. The normalized spacial score (nSPS) is 12.9. The molecule has 0 N–H and O–H groups in total. The van der Waals surface area contributed by atoms with Gasteiger partial charge in [-0.3, -0.25) is 0 Å². The molecule has 6 nitrogen and oxygen atoms in total. The molecule has 0 bridgehead atoms. The Kier molecular flexibility index (Phi) is 7.72. The fraction of sp³-hybridized carbons (Fsp3) is 0.136. The monoisotopic (exact) mass is 374 g/mol. The van der Waals surface area contributed by atoms with Gasteiger partial charge < -0.3 is 4.74 Å². The summed E-state index contributed by atoms with van der Waals surface area (Å²) in [5.41, 5.74) is 3.68. The van der Waals surface area contributed by atoms with Crippen LogP contribution in [0.4, 0.5) is 17.1 Å². The van der Waals surface area contributed by atoms with Gasteiger partial charge in [-0.15, -0.1) is 0 Å². The number of rotatable bonds is 7. The first kappa shape index (κ1) is 20.6. The van der Waals surface area contributed by atoms with Crippen LogP contribution < -0.4 is 0 Å². The summed E-state index contributed by atoms with van der Waals surface area (Å²) in [6.45, 7) is 8.73. The number of hydrogen-bond acceptors (Lipinski definition) is 6. The van der Waals surface area contributed by atoms with Gasteiger partial charge in [-0.1, -0.05) is 24.8 Å². The van der Waals surface area contributed by atoms with Crippen LogP contribution in [0.1, 0.15) is 20.8 Å². The van der Waals surface area contributed by atoms with E-state index >= 15 is 0 Å². The highest BCUT2D eigenvalue weighted by atomic mass is 16.5. The third kappa shape index (κ3) is 6.92. The molecule has 0 aliphatic rings. The SMILES string of the molecule is C=CC(=O)O/C(C)=C(C)/C=C(C)/N=N/c1ccc(/N=N/c2ccccc2)cc1. The molecule has 0 atom stereocenters. The Hall–Kier alpha value is -3.67. The molecule has 0 aliphatic heterocycles. The fourth-order valence-corrected chi connectivity index (χ4v) is 2.05. The molecule has 2 aromatic rings. The predicted molar refractivity (Wildman–Crippen MR) is 110 cm³/mol. The van der Waals surface area contributed by atoms with Gasteiger partial charge in [-0.2, -0.15) is 20.5 Å². The molecule has 0 aliphatic carbocycles. The standard InChI is InChI=1S/C22H22N4O2/c1-5-22(27)28-18(4)16(2)15-17(3)23-24-20-11-13-21(14-12-20)26-25-19-9-7-6-8-10-19/h5-15H,1H2,2-4H3/b17-15+,18-16+,24-23+,26-25+. The molecule has 0 saturated heterocycles. The molecule has 6 heteroatoms. The highest BCUT2D eigenvalue weighted by Gasteiger charge is 2.01. The Morgan fingerprint density at radius 1 is 0.857 bits per heavy atom. The first-order chi connectivity index (χ1) is 13.5. The largest absolute Gasteiger partial charge is 0.428 e. The van der Waals surface area contributed by atoms with E-state index in [2.05, 4.69) is 27.0 Å². The second-order valence-corrected chi connectivity index (χ2v) is 5.90. The van der Waals surface area contributed by atoms with Crippen LogP contribution in [0.2, 0.25) is 0 Å². The second-order valence-electron chi connectivity index (χ2n) is 5.90. The highest BCUT2D eigenvalue weighted by molar-refractivity contribution is 5.82. The van der Waals surface area contributed by atoms with Crippen molar-refractivity contribution in [3.8, 4) is 0 Å². The van der Waals surface area contributed by atoms with Gasteiger partial charge >= 0.3 is 5.97 Å². The number of carbonyl (C=O) groups excluding carboxylic acids is 1. The molecule has 0 spiro atoms. The van der Waals surface area contributed by atoms with Crippen molar-refractivity contribution in [3.05, 3.63) is 90.4 Å². The van der Waals surface area contributed by atoms with Crippen LogP contribution in [-0.2, 0) is 9.53 Å². The van der Waals surface area contributed by atoms with Crippen molar-refractivity contribution in [2.45, 2.75) is 20.8 Å². The van der Waals surface area contributed by atoms with Crippen LogP contribution in [0.3, 0.4) is 0 Å². The average Bonchev–Trinajstić information content (AvgIpc) is 2.72. The second kappa shape index (κ2) is 10.5. The molecule has 0 heterocycles. The van der Waals surface area contributed by atoms with Crippen LogP contribution in [0.25, 0.3) is 0 Å². The third-order valence-corrected chi connectivity index (χ3v) is 3.61. The summed E-state index contributed by atoms with van der Waals surface area (Å²) >= 11 is 0. The minimum atomic E-state index is -0.492. The summed E-state index contributed by atoms with van der Waals surface area (Å²) in [6, 6.07) is 16.8. The fourth-order valence-electron chi connectivity index (χ4n) is 2.05. The summed E-state index contributed by atoms with van der Waals surface area (Å²) in [5.74, 6) is 0.00149. The lowest BCUT2D eigenvalue weighted by Crippen LogP contribution is -1.99.